The molecule has 134 valence electrons. The van der Waals surface area contributed by atoms with Gasteiger partial charge in [-0.1, -0.05) is 18.2 Å². The van der Waals surface area contributed by atoms with Gasteiger partial charge in [0.25, 0.3) is 5.91 Å². The highest BCUT2D eigenvalue weighted by atomic mass is 32.1. The van der Waals surface area contributed by atoms with E-state index >= 15 is 0 Å². The molecule has 0 bridgehead atoms. The molecule has 1 fully saturated rings. The quantitative estimate of drug-likeness (QED) is 0.814. The monoisotopic (exact) mass is 368 g/mol. The van der Waals surface area contributed by atoms with Crippen LogP contribution in [0.3, 0.4) is 0 Å². The number of hydrogen-bond acceptors (Lipinski definition) is 3. The van der Waals surface area contributed by atoms with Gasteiger partial charge in [-0.15, -0.1) is 11.3 Å². The van der Waals surface area contributed by atoms with Crippen molar-refractivity contribution < 1.29 is 18.0 Å². The summed E-state index contributed by atoms with van der Waals surface area (Å²) in [7, 11) is 0. The van der Waals surface area contributed by atoms with Crippen molar-refractivity contribution in [3.63, 3.8) is 0 Å². The van der Waals surface area contributed by atoms with E-state index in [1.165, 1.54) is 23.5 Å². The molecule has 0 atom stereocenters. The molecule has 0 aliphatic carbocycles. The molecule has 1 aliphatic heterocycles. The van der Waals surface area contributed by atoms with E-state index in [2.05, 4.69) is 4.90 Å². The van der Waals surface area contributed by atoms with Crippen LogP contribution in [0, 0.1) is 0 Å². The van der Waals surface area contributed by atoms with Gasteiger partial charge in [-0.2, -0.15) is 13.2 Å². The zero-order chi connectivity index (χ0) is 17.9. The van der Waals surface area contributed by atoms with Crippen LogP contribution in [0.15, 0.2) is 41.8 Å². The molecule has 2 aromatic rings. The lowest BCUT2D eigenvalue weighted by Crippen LogP contribution is -2.34. The first kappa shape index (κ1) is 17.9. The van der Waals surface area contributed by atoms with E-state index < -0.39 is 11.7 Å². The fourth-order valence-corrected chi connectivity index (χ4v) is 3.64. The summed E-state index contributed by atoms with van der Waals surface area (Å²) in [6.45, 7) is 3.49. The van der Waals surface area contributed by atoms with Gasteiger partial charge in [0, 0.05) is 32.7 Å². The third-order valence-electron chi connectivity index (χ3n) is 4.30. The zero-order valence-electron chi connectivity index (χ0n) is 13.6. The molecule has 3 rings (SSSR count). The van der Waals surface area contributed by atoms with Crippen LogP contribution in [0.1, 0.15) is 27.2 Å². The third-order valence-corrected chi connectivity index (χ3v) is 5.15. The van der Waals surface area contributed by atoms with Crippen molar-refractivity contribution in [2.24, 2.45) is 0 Å². The largest absolute Gasteiger partial charge is 0.416 e. The first-order valence-corrected chi connectivity index (χ1v) is 9.03. The highest BCUT2D eigenvalue weighted by Gasteiger charge is 2.30. The Morgan fingerprint density at radius 1 is 1.04 bits per heavy atom. The Hall–Kier alpha value is -1.86. The van der Waals surface area contributed by atoms with Crippen LogP contribution in [0.5, 0.6) is 0 Å². The number of alkyl halides is 3. The molecule has 1 saturated heterocycles. The molecule has 2 heterocycles. The van der Waals surface area contributed by atoms with E-state index in [4.69, 9.17) is 0 Å². The van der Waals surface area contributed by atoms with E-state index in [0.717, 1.165) is 42.1 Å². The minimum absolute atomic E-state index is 0.0615. The summed E-state index contributed by atoms with van der Waals surface area (Å²) in [4.78, 5) is 17.2. The maximum atomic E-state index is 12.6. The zero-order valence-corrected chi connectivity index (χ0v) is 14.4. The van der Waals surface area contributed by atoms with E-state index in [1.807, 2.05) is 22.4 Å². The number of halogens is 3. The van der Waals surface area contributed by atoms with E-state index in [9.17, 15) is 18.0 Å². The van der Waals surface area contributed by atoms with Gasteiger partial charge in [0.15, 0.2) is 0 Å². The van der Waals surface area contributed by atoms with E-state index in [1.54, 1.807) is 0 Å². The molecule has 0 spiro atoms. The summed E-state index contributed by atoms with van der Waals surface area (Å²) < 4.78 is 37.9. The summed E-state index contributed by atoms with van der Waals surface area (Å²) >= 11 is 1.44. The maximum Gasteiger partial charge on any atom is 0.416 e. The summed E-state index contributed by atoms with van der Waals surface area (Å²) in [5, 5.41) is 1.89. The fourth-order valence-electron chi connectivity index (χ4n) is 2.95. The van der Waals surface area contributed by atoms with Gasteiger partial charge in [0.05, 0.1) is 10.4 Å². The lowest BCUT2D eigenvalue weighted by molar-refractivity contribution is -0.137. The lowest BCUT2D eigenvalue weighted by atomic mass is 10.1. The van der Waals surface area contributed by atoms with Gasteiger partial charge >= 0.3 is 6.18 Å². The highest BCUT2D eigenvalue weighted by Crippen LogP contribution is 2.29. The number of carbonyl (C=O) groups is 1. The van der Waals surface area contributed by atoms with Crippen molar-refractivity contribution in [1.29, 1.82) is 0 Å². The van der Waals surface area contributed by atoms with Gasteiger partial charge < -0.3 is 4.90 Å². The Balaban J connectivity index is 1.57. The van der Waals surface area contributed by atoms with Crippen LogP contribution in [-0.4, -0.2) is 41.9 Å². The van der Waals surface area contributed by atoms with Crippen molar-refractivity contribution >= 4 is 17.2 Å². The highest BCUT2D eigenvalue weighted by molar-refractivity contribution is 7.12. The molecular weight excluding hydrogens is 349 g/mol. The van der Waals surface area contributed by atoms with Gasteiger partial charge in [-0.3, -0.25) is 9.69 Å². The third kappa shape index (κ3) is 4.61. The summed E-state index contributed by atoms with van der Waals surface area (Å²) in [5.74, 6) is 0.0615. The number of rotatable bonds is 3. The van der Waals surface area contributed by atoms with Crippen LogP contribution in [0.2, 0.25) is 0 Å². The smallest absolute Gasteiger partial charge is 0.337 e. The fraction of sp³-hybridized carbons (Fsp3) is 0.389. The predicted octanol–water partition coefficient (Wildman–Crippen LogP) is 4.12. The van der Waals surface area contributed by atoms with Crippen molar-refractivity contribution in [3.05, 3.63) is 57.8 Å². The Labute approximate surface area is 148 Å². The first-order valence-electron chi connectivity index (χ1n) is 8.15. The van der Waals surface area contributed by atoms with Gasteiger partial charge in [-0.05, 0) is 35.6 Å². The van der Waals surface area contributed by atoms with Crippen molar-refractivity contribution in [2.45, 2.75) is 19.1 Å². The van der Waals surface area contributed by atoms with Crippen LogP contribution < -0.4 is 0 Å². The Kier molecular flexibility index (Phi) is 5.44. The molecule has 3 nitrogen and oxygen atoms in total. The standard InChI is InChI=1S/C18H19F3N2OS/c19-18(20,21)15-6-4-14(5-7-15)13-22-8-2-9-23(11-10-22)17(24)16-3-1-12-25-16/h1,3-7,12H,2,8-11,13H2. The molecule has 1 amide bonds. The van der Waals surface area contributed by atoms with E-state index in [0.29, 0.717) is 19.6 Å². The second kappa shape index (κ2) is 7.58. The van der Waals surface area contributed by atoms with Crippen molar-refractivity contribution in [3.8, 4) is 0 Å². The number of hydrogen-bond donors (Lipinski definition) is 0. The second-order valence-corrected chi connectivity index (χ2v) is 7.04. The average molecular weight is 368 g/mol. The van der Waals surface area contributed by atoms with Gasteiger partial charge in [0.2, 0.25) is 0 Å². The molecule has 1 aliphatic rings. The van der Waals surface area contributed by atoms with Gasteiger partial charge in [-0.25, -0.2) is 0 Å². The SMILES string of the molecule is O=C(c1cccs1)N1CCCN(Cc2ccc(C(F)(F)F)cc2)CC1. The number of carbonyl (C=O) groups excluding carboxylic acids is 1. The maximum absolute atomic E-state index is 12.6. The number of amides is 1. The average Bonchev–Trinajstić information content (AvgIpc) is 3.01. The Morgan fingerprint density at radius 2 is 1.80 bits per heavy atom. The lowest BCUT2D eigenvalue weighted by Gasteiger charge is -2.22. The van der Waals surface area contributed by atoms with Crippen LogP contribution in [-0.2, 0) is 12.7 Å². The van der Waals surface area contributed by atoms with Crippen molar-refractivity contribution in [1.82, 2.24) is 9.80 Å². The van der Waals surface area contributed by atoms with Crippen LogP contribution >= 0.6 is 11.3 Å². The summed E-state index contributed by atoms with van der Waals surface area (Å²) in [5.41, 5.74) is 0.228. The molecule has 7 heteroatoms. The normalized spacial score (nSPS) is 16.7. The van der Waals surface area contributed by atoms with Crippen molar-refractivity contribution in [2.75, 3.05) is 26.2 Å². The minimum atomic E-state index is -4.30. The Bertz CT molecular complexity index is 698. The molecular formula is C18H19F3N2OS. The molecule has 1 aromatic heterocycles. The number of nitrogens with zero attached hydrogens (tertiary/aromatic N) is 2. The minimum Gasteiger partial charge on any atom is -0.337 e. The molecule has 0 unspecified atom stereocenters. The second-order valence-electron chi connectivity index (χ2n) is 6.09. The Morgan fingerprint density at radius 3 is 2.44 bits per heavy atom. The summed E-state index contributed by atoms with van der Waals surface area (Å²) in [6, 6.07) is 9.01. The van der Waals surface area contributed by atoms with Crippen LogP contribution in [0.4, 0.5) is 13.2 Å². The molecule has 0 radical (unpaired) electrons. The molecule has 25 heavy (non-hydrogen) atoms. The summed E-state index contributed by atoms with van der Waals surface area (Å²) in [6.07, 6.45) is -3.44. The molecule has 1 aromatic carbocycles. The first-order chi connectivity index (χ1) is 11.9. The topological polar surface area (TPSA) is 23.6 Å². The van der Waals surface area contributed by atoms with Crippen LogP contribution in [0.25, 0.3) is 0 Å². The molecule has 0 N–H and O–H groups in total. The predicted molar refractivity (Wildman–Crippen MR) is 91.6 cm³/mol. The van der Waals surface area contributed by atoms with E-state index in [-0.39, 0.29) is 5.91 Å². The number of thiophene rings is 1. The van der Waals surface area contributed by atoms with Gasteiger partial charge in [0.1, 0.15) is 0 Å². The number of benzene rings is 1. The molecule has 0 saturated carbocycles.